The molecule has 3 aromatic rings. The Morgan fingerprint density at radius 2 is 1.86 bits per heavy atom. The quantitative estimate of drug-likeness (QED) is 0.372. The molecule has 1 aromatic heterocycles. The Morgan fingerprint density at radius 1 is 1.17 bits per heavy atom. The number of carboxylic acids is 1. The van der Waals surface area contributed by atoms with Crippen molar-refractivity contribution in [2.45, 2.75) is 52.1 Å². The third-order valence-electron chi connectivity index (χ3n) is 6.06. The number of thioether (sulfide) groups is 1. The summed E-state index contributed by atoms with van der Waals surface area (Å²) < 4.78 is 12.0. The lowest BCUT2D eigenvalue weighted by atomic mass is 9.88. The zero-order valence-electron chi connectivity index (χ0n) is 21.8. The molecule has 0 aliphatic carbocycles. The summed E-state index contributed by atoms with van der Waals surface area (Å²) in [6, 6.07) is 14.3. The number of carboxylic acid groups (broad SMARTS) is 1. The minimum absolute atomic E-state index is 0.561. The fourth-order valence-electron chi connectivity index (χ4n) is 4.52. The summed E-state index contributed by atoms with van der Waals surface area (Å²) in [7, 11) is 0. The predicted octanol–water partition coefficient (Wildman–Crippen LogP) is 6.64. The van der Waals surface area contributed by atoms with Crippen LogP contribution in [0.25, 0.3) is 22.4 Å². The fraction of sp³-hybridized carbons (Fsp3) is 0.379. The molecule has 0 saturated carbocycles. The van der Waals surface area contributed by atoms with Gasteiger partial charge in [-0.3, -0.25) is 4.98 Å². The van der Waals surface area contributed by atoms with Gasteiger partial charge in [0.1, 0.15) is 12.4 Å². The van der Waals surface area contributed by atoms with E-state index in [0.29, 0.717) is 17.9 Å². The van der Waals surface area contributed by atoms with Crippen LogP contribution < -0.4 is 10.1 Å². The zero-order valence-corrected chi connectivity index (χ0v) is 22.6. The number of carbonyl (C=O) groups is 1. The number of ether oxygens (including phenoxy) is 2. The summed E-state index contributed by atoms with van der Waals surface area (Å²) in [5.41, 5.74) is 7.24. The van der Waals surface area contributed by atoms with E-state index in [4.69, 9.17) is 14.5 Å². The number of rotatable bonds is 7. The van der Waals surface area contributed by atoms with Gasteiger partial charge in [-0.05, 0) is 69.7 Å². The largest absolute Gasteiger partial charge is 0.490 e. The average molecular weight is 507 g/mol. The third kappa shape index (κ3) is 5.52. The Labute approximate surface area is 217 Å². The summed E-state index contributed by atoms with van der Waals surface area (Å²) in [4.78, 5) is 17.7. The van der Waals surface area contributed by atoms with Gasteiger partial charge in [0, 0.05) is 23.4 Å². The molecule has 0 bridgehead atoms. The molecule has 0 amide bonds. The smallest absolute Gasteiger partial charge is 0.337 e. The summed E-state index contributed by atoms with van der Waals surface area (Å²) in [5.74, 6) is 0.324. The number of aryl methyl sites for hydroxylation is 1. The van der Waals surface area contributed by atoms with E-state index in [1.807, 2.05) is 52.1 Å². The standard InChI is InChI=1S/C29H34N2O4S/c1-17-7-9-19(10-8-17)26-18(2)24(20-11-12-23-21(15-20)30-13-14-34-23)25(22(31-26)16-36-6)27(28(32)33)35-29(3,4)5/h7-12,15,27,30H,13-14,16H2,1-6H3,(H,32,33)/t27-/m0/s1. The molecule has 0 spiro atoms. The second kappa shape index (κ2) is 10.5. The van der Waals surface area contributed by atoms with Gasteiger partial charge < -0.3 is 19.9 Å². The first-order chi connectivity index (χ1) is 17.1. The highest BCUT2D eigenvalue weighted by Gasteiger charge is 2.34. The van der Waals surface area contributed by atoms with Crippen LogP contribution in [0.2, 0.25) is 0 Å². The maximum Gasteiger partial charge on any atom is 0.337 e. The van der Waals surface area contributed by atoms with E-state index in [1.165, 1.54) is 5.56 Å². The number of aliphatic carboxylic acids is 1. The SMILES string of the molecule is CSCc1nc(-c2ccc(C)cc2)c(C)c(-c2ccc3c(c2)NCCO3)c1[C@H](OC(C)(C)C)C(=O)O. The topological polar surface area (TPSA) is 80.7 Å². The van der Waals surface area contributed by atoms with Crippen molar-refractivity contribution in [2.75, 3.05) is 24.7 Å². The lowest BCUT2D eigenvalue weighted by Gasteiger charge is -2.29. The molecule has 6 nitrogen and oxygen atoms in total. The van der Waals surface area contributed by atoms with E-state index in [1.54, 1.807) is 11.8 Å². The average Bonchev–Trinajstić information content (AvgIpc) is 2.83. The van der Waals surface area contributed by atoms with Crippen molar-refractivity contribution in [3.8, 4) is 28.1 Å². The number of hydrogen-bond acceptors (Lipinski definition) is 6. The van der Waals surface area contributed by atoms with Gasteiger partial charge in [-0.2, -0.15) is 11.8 Å². The van der Waals surface area contributed by atoms with Crippen molar-refractivity contribution in [1.29, 1.82) is 0 Å². The molecule has 36 heavy (non-hydrogen) atoms. The number of anilines is 1. The third-order valence-corrected chi connectivity index (χ3v) is 6.63. The molecule has 4 rings (SSSR count). The molecule has 0 unspecified atom stereocenters. The molecule has 190 valence electrons. The van der Waals surface area contributed by atoms with Gasteiger partial charge in [0.25, 0.3) is 0 Å². The van der Waals surface area contributed by atoms with Gasteiger partial charge in [0.15, 0.2) is 6.10 Å². The molecule has 1 atom stereocenters. The fourth-order valence-corrected chi connectivity index (χ4v) is 5.01. The van der Waals surface area contributed by atoms with Crippen LogP contribution >= 0.6 is 11.8 Å². The number of fused-ring (bicyclic) bond motifs is 1. The summed E-state index contributed by atoms with van der Waals surface area (Å²) in [5, 5.41) is 13.8. The molecule has 2 heterocycles. The predicted molar refractivity (Wildman–Crippen MR) is 147 cm³/mol. The molecule has 1 aliphatic heterocycles. The molecule has 0 radical (unpaired) electrons. The first-order valence-corrected chi connectivity index (χ1v) is 13.5. The summed E-state index contributed by atoms with van der Waals surface area (Å²) in [6.45, 7) is 11.0. The molecular formula is C29H34N2O4S. The molecule has 2 N–H and O–H groups in total. The molecule has 0 fully saturated rings. The highest BCUT2D eigenvalue weighted by Crippen LogP contribution is 2.43. The lowest BCUT2D eigenvalue weighted by molar-refractivity contribution is -0.160. The summed E-state index contributed by atoms with van der Waals surface area (Å²) in [6.07, 6.45) is 0.831. The van der Waals surface area contributed by atoms with Gasteiger partial charge >= 0.3 is 5.97 Å². The molecule has 2 aromatic carbocycles. The number of hydrogen-bond donors (Lipinski definition) is 2. The first kappa shape index (κ1) is 26.0. The van der Waals surface area contributed by atoms with Crippen LogP contribution in [-0.4, -0.2) is 41.1 Å². The van der Waals surface area contributed by atoms with Crippen molar-refractivity contribution in [3.63, 3.8) is 0 Å². The van der Waals surface area contributed by atoms with Crippen LogP contribution in [0.3, 0.4) is 0 Å². The lowest BCUT2D eigenvalue weighted by Crippen LogP contribution is -2.29. The minimum atomic E-state index is -1.17. The van der Waals surface area contributed by atoms with Gasteiger partial charge in [-0.15, -0.1) is 0 Å². The molecule has 0 saturated heterocycles. The van der Waals surface area contributed by atoms with Gasteiger partial charge in [-0.25, -0.2) is 4.79 Å². The van der Waals surface area contributed by atoms with E-state index < -0.39 is 17.7 Å². The van der Waals surface area contributed by atoms with E-state index in [2.05, 4.69) is 36.5 Å². The summed E-state index contributed by atoms with van der Waals surface area (Å²) >= 11 is 1.61. The Bertz CT molecular complexity index is 1270. The van der Waals surface area contributed by atoms with Crippen molar-refractivity contribution in [1.82, 2.24) is 4.98 Å². The van der Waals surface area contributed by atoms with Crippen LogP contribution in [0, 0.1) is 13.8 Å². The zero-order chi connectivity index (χ0) is 26.0. The van der Waals surface area contributed by atoms with Gasteiger partial charge in [-0.1, -0.05) is 35.9 Å². The van der Waals surface area contributed by atoms with Crippen LogP contribution in [0.1, 0.15) is 49.3 Å². The number of nitrogens with zero attached hydrogens (tertiary/aromatic N) is 1. The molecule has 7 heteroatoms. The maximum atomic E-state index is 12.7. The number of pyridine rings is 1. The second-order valence-corrected chi connectivity index (χ2v) is 10.9. The number of benzene rings is 2. The Kier molecular flexibility index (Phi) is 7.62. The van der Waals surface area contributed by atoms with Crippen LogP contribution in [0.5, 0.6) is 5.75 Å². The number of nitrogens with one attached hydrogen (secondary N) is 1. The van der Waals surface area contributed by atoms with Crippen LogP contribution in [0.15, 0.2) is 42.5 Å². The van der Waals surface area contributed by atoms with Gasteiger partial charge in [0.2, 0.25) is 0 Å². The Hall–Kier alpha value is -3.03. The van der Waals surface area contributed by atoms with Crippen LogP contribution in [-0.2, 0) is 15.3 Å². The Balaban J connectivity index is 2.05. The molecular weight excluding hydrogens is 472 g/mol. The normalized spacial score (nSPS) is 13.9. The van der Waals surface area contributed by atoms with E-state index >= 15 is 0 Å². The monoisotopic (exact) mass is 506 g/mol. The maximum absolute atomic E-state index is 12.7. The van der Waals surface area contributed by atoms with E-state index in [-0.39, 0.29) is 0 Å². The highest BCUT2D eigenvalue weighted by atomic mass is 32.2. The first-order valence-electron chi connectivity index (χ1n) is 12.1. The van der Waals surface area contributed by atoms with Crippen molar-refractivity contribution >= 4 is 23.4 Å². The van der Waals surface area contributed by atoms with Crippen molar-refractivity contribution in [3.05, 3.63) is 64.8 Å². The van der Waals surface area contributed by atoms with Gasteiger partial charge in [0.05, 0.1) is 22.7 Å². The van der Waals surface area contributed by atoms with Crippen LogP contribution in [0.4, 0.5) is 5.69 Å². The van der Waals surface area contributed by atoms with Crippen molar-refractivity contribution < 1.29 is 19.4 Å². The Morgan fingerprint density at radius 3 is 2.50 bits per heavy atom. The van der Waals surface area contributed by atoms with Crippen molar-refractivity contribution in [2.24, 2.45) is 0 Å². The highest BCUT2D eigenvalue weighted by molar-refractivity contribution is 7.97. The van der Waals surface area contributed by atoms with E-state index in [0.717, 1.165) is 51.6 Å². The number of aromatic nitrogens is 1. The minimum Gasteiger partial charge on any atom is -0.490 e. The van der Waals surface area contributed by atoms with E-state index in [9.17, 15) is 9.90 Å². The second-order valence-electron chi connectivity index (χ2n) is 10.1. The molecule has 1 aliphatic rings.